The van der Waals surface area contributed by atoms with E-state index in [1.807, 2.05) is 33.2 Å². The fourth-order valence-corrected chi connectivity index (χ4v) is 2.91. The average Bonchev–Trinajstić information content (AvgIpc) is 2.66. The Bertz CT molecular complexity index is 850. The van der Waals surface area contributed by atoms with E-state index in [2.05, 4.69) is 20.9 Å². The van der Waals surface area contributed by atoms with E-state index in [-0.39, 0.29) is 16.9 Å². The zero-order valence-electron chi connectivity index (χ0n) is 17.1. The third kappa shape index (κ3) is 8.41. The van der Waals surface area contributed by atoms with Gasteiger partial charge in [0, 0.05) is 23.4 Å². The van der Waals surface area contributed by atoms with Gasteiger partial charge < -0.3 is 15.5 Å². The summed E-state index contributed by atoms with van der Waals surface area (Å²) < 4.78 is 0. The number of unbranched alkanes of at least 4 members (excludes halogenated alkanes) is 1. The Labute approximate surface area is 177 Å². The molecule has 0 radical (unpaired) electrons. The fraction of sp³-hybridized carbons (Fsp3) is 0.318. The third-order valence-electron chi connectivity index (χ3n) is 4.19. The number of nitrogens with one attached hydrogen (secondary N) is 3. The molecule has 0 atom stereocenters. The highest BCUT2D eigenvalue weighted by atomic mass is 32.1. The number of carbonyl (C=O) groups is 2. The molecule has 0 fully saturated rings. The molecular weight excluding hydrogens is 384 g/mol. The first-order valence-corrected chi connectivity index (χ1v) is 9.98. The van der Waals surface area contributed by atoms with Gasteiger partial charge in [-0.1, -0.05) is 17.7 Å². The maximum atomic E-state index is 12.2. The monoisotopic (exact) mass is 412 g/mol. The number of carbonyl (C=O) groups excluding carboxylic acids is 2. The van der Waals surface area contributed by atoms with Gasteiger partial charge in [-0.3, -0.25) is 14.9 Å². The van der Waals surface area contributed by atoms with Crippen molar-refractivity contribution in [2.45, 2.75) is 26.2 Å². The minimum atomic E-state index is -0.260. The van der Waals surface area contributed by atoms with E-state index < -0.39 is 0 Å². The van der Waals surface area contributed by atoms with E-state index in [0.29, 0.717) is 12.0 Å². The van der Waals surface area contributed by atoms with Gasteiger partial charge in [0.05, 0.1) is 0 Å². The molecular formula is C22H28N4O2S. The molecule has 0 saturated heterocycles. The van der Waals surface area contributed by atoms with Crippen molar-refractivity contribution in [3.05, 3.63) is 59.7 Å². The van der Waals surface area contributed by atoms with Crippen molar-refractivity contribution in [2.24, 2.45) is 0 Å². The van der Waals surface area contributed by atoms with Gasteiger partial charge in [-0.2, -0.15) is 0 Å². The summed E-state index contributed by atoms with van der Waals surface area (Å²) in [4.78, 5) is 26.3. The molecule has 2 rings (SSSR count). The molecule has 0 bridgehead atoms. The molecule has 2 aromatic carbocycles. The SMILES string of the molecule is Cc1cccc(C(=O)NC(=S)Nc2ccc(NC(=O)CCCCN(C)C)cc2)c1. The van der Waals surface area contributed by atoms with E-state index in [9.17, 15) is 9.59 Å². The standard InChI is InChI=1S/C22H28N4O2S/c1-16-7-6-8-17(15-16)21(28)25-22(29)24-19-12-10-18(11-13-19)23-20(27)9-4-5-14-26(2)3/h6-8,10-13,15H,4-5,9,14H2,1-3H3,(H,23,27)(H2,24,25,28,29). The van der Waals surface area contributed by atoms with Crippen LogP contribution in [0.5, 0.6) is 0 Å². The minimum absolute atomic E-state index is 0.00500. The van der Waals surface area contributed by atoms with Crippen LogP contribution in [0.25, 0.3) is 0 Å². The average molecular weight is 413 g/mol. The number of amides is 2. The van der Waals surface area contributed by atoms with Gasteiger partial charge in [0.2, 0.25) is 5.91 Å². The fourth-order valence-electron chi connectivity index (χ4n) is 2.70. The van der Waals surface area contributed by atoms with Crippen LogP contribution in [0.1, 0.15) is 35.2 Å². The van der Waals surface area contributed by atoms with Crippen molar-refractivity contribution in [2.75, 3.05) is 31.3 Å². The van der Waals surface area contributed by atoms with Crippen molar-refractivity contribution >= 4 is 40.5 Å². The zero-order chi connectivity index (χ0) is 21.2. The summed E-state index contributed by atoms with van der Waals surface area (Å²) in [5, 5.41) is 8.74. The van der Waals surface area contributed by atoms with Crippen LogP contribution in [-0.4, -0.2) is 42.5 Å². The van der Waals surface area contributed by atoms with Crippen LogP contribution in [0.15, 0.2) is 48.5 Å². The highest BCUT2D eigenvalue weighted by Crippen LogP contribution is 2.14. The number of hydrogen-bond acceptors (Lipinski definition) is 4. The number of nitrogens with zero attached hydrogens (tertiary/aromatic N) is 1. The quantitative estimate of drug-likeness (QED) is 0.454. The molecule has 0 saturated carbocycles. The van der Waals surface area contributed by atoms with Gasteiger partial charge in [-0.05, 0) is 89.0 Å². The van der Waals surface area contributed by atoms with Crippen LogP contribution >= 0.6 is 12.2 Å². The van der Waals surface area contributed by atoms with Gasteiger partial charge in [-0.15, -0.1) is 0 Å². The molecule has 2 aromatic rings. The number of thiocarbonyl (C=S) groups is 1. The highest BCUT2D eigenvalue weighted by molar-refractivity contribution is 7.80. The Morgan fingerprint density at radius 3 is 2.24 bits per heavy atom. The van der Waals surface area contributed by atoms with Crippen molar-refractivity contribution < 1.29 is 9.59 Å². The predicted octanol–water partition coefficient (Wildman–Crippen LogP) is 3.79. The molecule has 0 aliphatic carbocycles. The molecule has 2 amide bonds. The minimum Gasteiger partial charge on any atom is -0.332 e. The summed E-state index contributed by atoms with van der Waals surface area (Å²) in [6.45, 7) is 2.91. The van der Waals surface area contributed by atoms with Crippen LogP contribution in [0.3, 0.4) is 0 Å². The number of anilines is 2. The summed E-state index contributed by atoms with van der Waals surface area (Å²) >= 11 is 5.21. The summed E-state index contributed by atoms with van der Waals surface area (Å²) in [5.41, 5.74) is 3.01. The van der Waals surface area contributed by atoms with Crippen LogP contribution in [0.4, 0.5) is 11.4 Å². The molecule has 0 aliphatic heterocycles. The summed E-state index contributed by atoms with van der Waals surface area (Å²) in [6, 6.07) is 14.5. The van der Waals surface area contributed by atoms with E-state index in [1.165, 1.54) is 0 Å². The Balaban J connectivity index is 1.78. The number of benzene rings is 2. The zero-order valence-corrected chi connectivity index (χ0v) is 17.9. The molecule has 0 unspecified atom stereocenters. The predicted molar refractivity (Wildman–Crippen MR) is 122 cm³/mol. The first-order valence-electron chi connectivity index (χ1n) is 9.57. The molecule has 29 heavy (non-hydrogen) atoms. The number of rotatable bonds is 8. The first-order chi connectivity index (χ1) is 13.8. The van der Waals surface area contributed by atoms with Crippen LogP contribution in [0, 0.1) is 6.92 Å². The summed E-state index contributed by atoms with van der Waals surface area (Å²) in [7, 11) is 4.05. The van der Waals surface area contributed by atoms with Crippen LogP contribution in [-0.2, 0) is 4.79 Å². The van der Waals surface area contributed by atoms with E-state index in [0.717, 1.165) is 36.3 Å². The van der Waals surface area contributed by atoms with Gasteiger partial charge in [-0.25, -0.2) is 0 Å². The normalized spacial score (nSPS) is 10.5. The van der Waals surface area contributed by atoms with E-state index >= 15 is 0 Å². The van der Waals surface area contributed by atoms with Gasteiger partial charge >= 0.3 is 0 Å². The lowest BCUT2D eigenvalue weighted by Gasteiger charge is -2.11. The van der Waals surface area contributed by atoms with E-state index in [4.69, 9.17) is 12.2 Å². The lowest BCUT2D eigenvalue weighted by atomic mass is 10.1. The Kier molecular flexibility index (Phi) is 8.76. The maximum absolute atomic E-state index is 12.2. The number of hydrogen-bond donors (Lipinski definition) is 3. The van der Waals surface area contributed by atoms with Crippen LogP contribution < -0.4 is 16.0 Å². The first kappa shape index (κ1) is 22.5. The van der Waals surface area contributed by atoms with Crippen LogP contribution in [0.2, 0.25) is 0 Å². The smallest absolute Gasteiger partial charge is 0.257 e. The lowest BCUT2D eigenvalue weighted by Crippen LogP contribution is -2.34. The molecule has 0 aromatic heterocycles. The van der Waals surface area contributed by atoms with Gasteiger partial charge in [0.25, 0.3) is 5.91 Å². The maximum Gasteiger partial charge on any atom is 0.257 e. The molecule has 0 aliphatic rings. The van der Waals surface area contributed by atoms with Crippen molar-refractivity contribution in [1.29, 1.82) is 0 Å². The largest absolute Gasteiger partial charge is 0.332 e. The summed E-state index contributed by atoms with van der Waals surface area (Å²) in [6.07, 6.45) is 2.36. The van der Waals surface area contributed by atoms with Crippen molar-refractivity contribution in [3.63, 3.8) is 0 Å². The number of aryl methyl sites for hydroxylation is 1. The van der Waals surface area contributed by atoms with Gasteiger partial charge in [0.15, 0.2) is 5.11 Å². The second-order valence-corrected chi connectivity index (χ2v) is 7.57. The Hall–Kier alpha value is -2.77. The highest BCUT2D eigenvalue weighted by Gasteiger charge is 2.08. The third-order valence-corrected chi connectivity index (χ3v) is 4.40. The Morgan fingerprint density at radius 1 is 0.966 bits per heavy atom. The molecule has 6 nitrogen and oxygen atoms in total. The second kappa shape index (κ2) is 11.3. The topological polar surface area (TPSA) is 73.5 Å². The van der Waals surface area contributed by atoms with Gasteiger partial charge in [0.1, 0.15) is 0 Å². The lowest BCUT2D eigenvalue weighted by molar-refractivity contribution is -0.116. The molecule has 0 heterocycles. The molecule has 3 N–H and O–H groups in total. The molecule has 0 spiro atoms. The second-order valence-electron chi connectivity index (χ2n) is 7.16. The molecule has 154 valence electrons. The molecule has 7 heteroatoms. The Morgan fingerprint density at radius 2 is 1.62 bits per heavy atom. The van der Waals surface area contributed by atoms with Crippen molar-refractivity contribution in [3.8, 4) is 0 Å². The van der Waals surface area contributed by atoms with Crippen molar-refractivity contribution in [1.82, 2.24) is 10.2 Å². The summed E-state index contributed by atoms with van der Waals surface area (Å²) in [5.74, 6) is -0.255. The van der Waals surface area contributed by atoms with E-state index in [1.54, 1.807) is 36.4 Å².